The molecule has 1 aromatic heterocycles. The number of benzene rings is 2. The Labute approximate surface area is 188 Å². The van der Waals surface area contributed by atoms with E-state index in [1.807, 2.05) is 24.3 Å². The lowest BCUT2D eigenvalue weighted by molar-refractivity contribution is 0.0663. The number of carbonyl (C=O) groups excluding carboxylic acids is 1. The SMILES string of the molecule is CCCCOc1cccc(C2c3c(oc4ccc(Br)cc4c3=O)C(=O)N2CCOC)c1. The second kappa shape index (κ2) is 9.24. The number of methoxy groups -OCH3 is 1. The first kappa shape index (κ1) is 21.6. The van der Waals surface area contributed by atoms with Crippen LogP contribution < -0.4 is 10.2 Å². The highest BCUT2D eigenvalue weighted by molar-refractivity contribution is 9.10. The van der Waals surface area contributed by atoms with Crippen molar-refractivity contribution in [3.8, 4) is 5.75 Å². The van der Waals surface area contributed by atoms with Gasteiger partial charge in [0, 0.05) is 18.1 Å². The number of carbonyl (C=O) groups is 1. The van der Waals surface area contributed by atoms with E-state index in [2.05, 4.69) is 22.9 Å². The number of ether oxygens (including phenoxy) is 2. The Hall–Kier alpha value is -2.64. The maximum atomic E-state index is 13.5. The van der Waals surface area contributed by atoms with Crippen LogP contribution in [0, 0.1) is 0 Å². The van der Waals surface area contributed by atoms with E-state index in [0.29, 0.717) is 42.0 Å². The summed E-state index contributed by atoms with van der Waals surface area (Å²) in [6.45, 7) is 3.41. The average Bonchev–Trinajstić information content (AvgIpc) is 3.05. The van der Waals surface area contributed by atoms with E-state index in [1.165, 1.54) is 0 Å². The van der Waals surface area contributed by atoms with E-state index in [4.69, 9.17) is 13.9 Å². The molecular formula is C24H24BrNO5. The molecule has 162 valence electrons. The van der Waals surface area contributed by atoms with Crippen molar-refractivity contribution in [1.82, 2.24) is 4.90 Å². The summed E-state index contributed by atoms with van der Waals surface area (Å²) in [4.78, 5) is 28.4. The maximum absolute atomic E-state index is 13.5. The molecule has 31 heavy (non-hydrogen) atoms. The molecule has 0 saturated heterocycles. The molecule has 0 radical (unpaired) electrons. The van der Waals surface area contributed by atoms with Crippen LogP contribution in [0.1, 0.15) is 47.5 Å². The number of nitrogens with zero attached hydrogens (tertiary/aromatic N) is 1. The van der Waals surface area contributed by atoms with Crippen molar-refractivity contribution in [2.75, 3.05) is 26.9 Å². The van der Waals surface area contributed by atoms with E-state index in [1.54, 1.807) is 30.2 Å². The van der Waals surface area contributed by atoms with Gasteiger partial charge >= 0.3 is 0 Å². The van der Waals surface area contributed by atoms with Crippen LogP contribution in [-0.2, 0) is 4.74 Å². The highest BCUT2D eigenvalue weighted by Gasteiger charge is 2.42. The molecule has 1 amide bonds. The zero-order chi connectivity index (χ0) is 22.0. The van der Waals surface area contributed by atoms with Gasteiger partial charge in [-0.1, -0.05) is 41.4 Å². The molecule has 0 N–H and O–H groups in total. The van der Waals surface area contributed by atoms with Crippen LogP contribution in [0.15, 0.2) is 56.1 Å². The quantitative estimate of drug-likeness (QED) is 0.423. The number of unbranched alkanes of at least 4 members (excludes halogenated alkanes) is 1. The van der Waals surface area contributed by atoms with Crippen molar-refractivity contribution < 1.29 is 18.7 Å². The van der Waals surface area contributed by atoms with Crippen molar-refractivity contribution in [2.24, 2.45) is 0 Å². The van der Waals surface area contributed by atoms with Crippen molar-refractivity contribution in [3.63, 3.8) is 0 Å². The summed E-state index contributed by atoms with van der Waals surface area (Å²) < 4.78 is 17.8. The summed E-state index contributed by atoms with van der Waals surface area (Å²) in [7, 11) is 1.58. The summed E-state index contributed by atoms with van der Waals surface area (Å²) in [5.41, 5.74) is 1.36. The van der Waals surface area contributed by atoms with Crippen LogP contribution in [0.2, 0.25) is 0 Å². The third-order valence-electron chi connectivity index (χ3n) is 5.40. The molecule has 0 bridgehead atoms. The third kappa shape index (κ3) is 4.12. The summed E-state index contributed by atoms with van der Waals surface area (Å²) >= 11 is 3.41. The van der Waals surface area contributed by atoms with Gasteiger partial charge in [-0.2, -0.15) is 0 Å². The average molecular weight is 486 g/mol. The van der Waals surface area contributed by atoms with Gasteiger partial charge in [0.2, 0.25) is 5.76 Å². The lowest BCUT2D eigenvalue weighted by Gasteiger charge is -2.25. The Morgan fingerprint density at radius 2 is 1.97 bits per heavy atom. The van der Waals surface area contributed by atoms with Gasteiger partial charge in [-0.15, -0.1) is 0 Å². The van der Waals surface area contributed by atoms with Crippen molar-refractivity contribution in [2.45, 2.75) is 25.8 Å². The van der Waals surface area contributed by atoms with Crippen molar-refractivity contribution >= 4 is 32.8 Å². The predicted octanol–water partition coefficient (Wildman–Crippen LogP) is 4.93. The molecule has 0 fully saturated rings. The topological polar surface area (TPSA) is 69.0 Å². The van der Waals surface area contributed by atoms with E-state index < -0.39 is 6.04 Å². The number of hydrogen-bond donors (Lipinski definition) is 0. The Morgan fingerprint density at radius 3 is 2.74 bits per heavy atom. The highest BCUT2D eigenvalue weighted by Crippen LogP contribution is 2.39. The molecule has 0 saturated carbocycles. The van der Waals surface area contributed by atoms with Gasteiger partial charge in [-0.3, -0.25) is 9.59 Å². The van der Waals surface area contributed by atoms with E-state index in [0.717, 1.165) is 22.9 Å². The van der Waals surface area contributed by atoms with E-state index >= 15 is 0 Å². The number of rotatable bonds is 8. The molecule has 0 spiro atoms. The molecule has 1 unspecified atom stereocenters. The predicted molar refractivity (Wildman–Crippen MR) is 122 cm³/mol. The molecule has 2 heterocycles. The van der Waals surface area contributed by atoms with Crippen LogP contribution in [0.25, 0.3) is 11.0 Å². The van der Waals surface area contributed by atoms with Crippen LogP contribution >= 0.6 is 15.9 Å². The lowest BCUT2D eigenvalue weighted by Crippen LogP contribution is -2.32. The fraction of sp³-hybridized carbons (Fsp3) is 0.333. The van der Waals surface area contributed by atoms with E-state index in [-0.39, 0.29) is 17.1 Å². The van der Waals surface area contributed by atoms with Gasteiger partial charge in [0.05, 0.1) is 30.2 Å². The summed E-state index contributed by atoms with van der Waals surface area (Å²) in [6, 6.07) is 12.2. The molecule has 2 aromatic carbocycles. The van der Waals surface area contributed by atoms with Crippen molar-refractivity contribution in [1.29, 1.82) is 0 Å². The molecule has 0 aliphatic carbocycles. The van der Waals surface area contributed by atoms with Gasteiger partial charge in [0.15, 0.2) is 5.43 Å². The number of halogens is 1. The molecule has 3 aromatic rings. The molecule has 6 nitrogen and oxygen atoms in total. The smallest absolute Gasteiger partial charge is 0.290 e. The Bertz CT molecular complexity index is 1170. The second-order valence-electron chi connectivity index (χ2n) is 7.48. The van der Waals surface area contributed by atoms with Gasteiger partial charge < -0.3 is 18.8 Å². The lowest BCUT2D eigenvalue weighted by atomic mass is 9.98. The largest absolute Gasteiger partial charge is 0.494 e. The summed E-state index contributed by atoms with van der Waals surface area (Å²) in [6.07, 6.45) is 2.00. The molecule has 1 aliphatic rings. The normalized spacial score (nSPS) is 15.5. The second-order valence-corrected chi connectivity index (χ2v) is 8.40. The minimum Gasteiger partial charge on any atom is -0.494 e. The van der Waals surface area contributed by atoms with Crippen LogP contribution in [0.3, 0.4) is 0 Å². The summed E-state index contributed by atoms with van der Waals surface area (Å²) in [5, 5.41) is 0.440. The molecule has 1 aliphatic heterocycles. The number of amides is 1. The molecule has 1 atom stereocenters. The van der Waals surface area contributed by atoms with Crippen LogP contribution in [0.5, 0.6) is 5.75 Å². The molecule has 4 rings (SSSR count). The first-order valence-corrected chi connectivity index (χ1v) is 11.1. The third-order valence-corrected chi connectivity index (χ3v) is 5.90. The standard InChI is InChI=1S/C24H24BrNO5/c1-3-4-11-30-17-7-5-6-15(13-17)21-20-22(27)18-14-16(25)8-9-19(18)31-23(20)24(28)26(21)10-12-29-2/h5-9,13-14,21H,3-4,10-12H2,1-2H3. The zero-order valence-corrected chi connectivity index (χ0v) is 19.1. The zero-order valence-electron chi connectivity index (χ0n) is 17.5. The molecular weight excluding hydrogens is 462 g/mol. The Kier molecular flexibility index (Phi) is 6.43. The summed E-state index contributed by atoms with van der Waals surface area (Å²) in [5.74, 6) is 0.501. The fourth-order valence-electron chi connectivity index (χ4n) is 3.87. The maximum Gasteiger partial charge on any atom is 0.290 e. The molecule has 7 heteroatoms. The van der Waals surface area contributed by atoms with Gasteiger partial charge in [0.25, 0.3) is 5.91 Å². The first-order valence-electron chi connectivity index (χ1n) is 10.3. The van der Waals surface area contributed by atoms with Gasteiger partial charge in [-0.25, -0.2) is 0 Å². The van der Waals surface area contributed by atoms with Crippen LogP contribution in [-0.4, -0.2) is 37.7 Å². The first-order chi connectivity index (χ1) is 15.0. The van der Waals surface area contributed by atoms with E-state index in [9.17, 15) is 9.59 Å². The fourth-order valence-corrected chi connectivity index (χ4v) is 4.23. The Morgan fingerprint density at radius 1 is 1.13 bits per heavy atom. The van der Waals surface area contributed by atoms with Gasteiger partial charge in [-0.05, 0) is 42.3 Å². The minimum atomic E-state index is -0.563. The number of hydrogen-bond acceptors (Lipinski definition) is 5. The van der Waals surface area contributed by atoms with Crippen molar-refractivity contribution in [3.05, 3.63) is 74.0 Å². The van der Waals surface area contributed by atoms with Crippen LogP contribution in [0.4, 0.5) is 0 Å². The highest BCUT2D eigenvalue weighted by atomic mass is 79.9. The monoisotopic (exact) mass is 485 g/mol. The number of fused-ring (bicyclic) bond motifs is 2. The Balaban J connectivity index is 1.85. The van der Waals surface area contributed by atoms with Gasteiger partial charge in [0.1, 0.15) is 11.3 Å². The minimum absolute atomic E-state index is 0.0956.